The summed E-state index contributed by atoms with van der Waals surface area (Å²) in [6, 6.07) is 27.4. The van der Waals surface area contributed by atoms with Crippen LogP contribution >= 0.6 is 0 Å². The van der Waals surface area contributed by atoms with Crippen LogP contribution in [-0.4, -0.2) is 19.9 Å². The number of aromatic hydroxyl groups is 1. The van der Waals surface area contributed by atoms with Gasteiger partial charge in [-0.15, -0.1) is 0 Å². The second kappa shape index (κ2) is 8.25. The van der Waals surface area contributed by atoms with Crippen molar-refractivity contribution in [1.29, 1.82) is 5.26 Å². The van der Waals surface area contributed by atoms with Crippen LogP contribution < -0.4 is 0 Å². The van der Waals surface area contributed by atoms with Crippen LogP contribution in [0.3, 0.4) is 0 Å². The third-order valence-corrected chi connectivity index (χ3v) is 5.87. The minimum Gasteiger partial charge on any atom is -0.508 e. The molecule has 160 valence electrons. The fraction of sp³-hybridized carbons (Fsp3) is 0.107. The van der Waals surface area contributed by atoms with Crippen LogP contribution in [0.15, 0.2) is 78.9 Å². The molecule has 0 saturated carbocycles. The molecule has 2 heterocycles. The number of benzene rings is 3. The van der Waals surface area contributed by atoms with Crippen molar-refractivity contribution in [3.05, 3.63) is 95.7 Å². The summed E-state index contributed by atoms with van der Waals surface area (Å²) < 4.78 is 1.82. The molecule has 0 radical (unpaired) electrons. The minimum atomic E-state index is 0.142. The molecule has 5 nitrogen and oxygen atoms in total. The summed E-state index contributed by atoms with van der Waals surface area (Å²) in [5.41, 5.74) is 6.96. The van der Waals surface area contributed by atoms with E-state index in [-0.39, 0.29) is 5.75 Å². The fourth-order valence-corrected chi connectivity index (χ4v) is 4.23. The highest BCUT2D eigenvalue weighted by Crippen LogP contribution is 2.39. The Hall–Kier alpha value is -4.43. The van der Waals surface area contributed by atoms with Crippen molar-refractivity contribution in [2.75, 3.05) is 0 Å². The lowest BCUT2D eigenvalue weighted by molar-refractivity contribution is 0.475. The number of phenols is 1. The number of aryl methyl sites for hydroxylation is 2. The zero-order valence-corrected chi connectivity index (χ0v) is 18.4. The van der Waals surface area contributed by atoms with Gasteiger partial charge in [-0.2, -0.15) is 10.4 Å². The summed E-state index contributed by atoms with van der Waals surface area (Å²) in [6.45, 7) is 4.04. The molecule has 5 heteroatoms. The number of hydrogen-bond donors (Lipinski definition) is 1. The summed E-state index contributed by atoms with van der Waals surface area (Å²) in [5.74, 6) is 0.142. The molecule has 3 aromatic carbocycles. The highest BCUT2D eigenvalue weighted by molar-refractivity contribution is 6.01. The molecular weight excluding hydrogens is 408 g/mol. The SMILES string of the molecule is CCc1ccc(-c2nc3c(c(C)nn3-c3ccccc3)c(-c3cccc(O)c3)c2C#N)cc1. The number of aromatic nitrogens is 3. The summed E-state index contributed by atoms with van der Waals surface area (Å²) >= 11 is 0. The normalized spacial score (nSPS) is 10.9. The van der Waals surface area contributed by atoms with Crippen LogP contribution in [0.25, 0.3) is 39.1 Å². The van der Waals surface area contributed by atoms with Gasteiger partial charge in [-0.05, 0) is 48.7 Å². The quantitative estimate of drug-likeness (QED) is 0.368. The van der Waals surface area contributed by atoms with Gasteiger partial charge in [-0.1, -0.05) is 61.5 Å². The van der Waals surface area contributed by atoms with E-state index in [1.54, 1.807) is 18.2 Å². The van der Waals surface area contributed by atoms with E-state index in [1.807, 2.05) is 60.1 Å². The lowest BCUT2D eigenvalue weighted by Crippen LogP contribution is -2.01. The van der Waals surface area contributed by atoms with E-state index in [1.165, 1.54) is 5.56 Å². The predicted molar refractivity (Wildman–Crippen MR) is 130 cm³/mol. The summed E-state index contributed by atoms with van der Waals surface area (Å²) in [4.78, 5) is 4.99. The first kappa shape index (κ1) is 20.5. The molecule has 0 aliphatic heterocycles. The van der Waals surface area contributed by atoms with Crippen molar-refractivity contribution in [2.45, 2.75) is 20.3 Å². The maximum Gasteiger partial charge on any atom is 0.164 e. The standard InChI is InChI=1S/C28H22N4O/c1-3-19-12-14-20(15-13-19)27-24(17-29)26(21-8-7-11-23(33)16-21)25-18(2)31-32(28(25)30-27)22-9-5-4-6-10-22/h4-16,33H,3H2,1-2H3. The second-order valence-electron chi connectivity index (χ2n) is 7.95. The maximum atomic E-state index is 10.3. The van der Waals surface area contributed by atoms with Crippen LogP contribution in [-0.2, 0) is 6.42 Å². The monoisotopic (exact) mass is 430 g/mol. The van der Waals surface area contributed by atoms with Gasteiger partial charge in [-0.25, -0.2) is 9.67 Å². The third-order valence-electron chi connectivity index (χ3n) is 5.87. The van der Waals surface area contributed by atoms with Crippen molar-refractivity contribution in [2.24, 2.45) is 0 Å². The van der Waals surface area contributed by atoms with E-state index in [0.717, 1.165) is 39.9 Å². The van der Waals surface area contributed by atoms with Crippen LogP contribution in [0.4, 0.5) is 0 Å². The Bertz CT molecular complexity index is 1510. The lowest BCUT2D eigenvalue weighted by Gasteiger charge is -2.13. The Labute approximate surface area is 192 Å². The average molecular weight is 431 g/mol. The molecule has 2 aromatic heterocycles. The molecule has 0 aliphatic carbocycles. The average Bonchev–Trinajstić information content (AvgIpc) is 3.19. The molecule has 0 saturated heterocycles. The minimum absolute atomic E-state index is 0.142. The number of hydrogen-bond acceptors (Lipinski definition) is 4. The molecule has 0 unspecified atom stereocenters. The van der Waals surface area contributed by atoms with Crippen molar-refractivity contribution in [3.63, 3.8) is 0 Å². The molecule has 0 spiro atoms. The maximum absolute atomic E-state index is 10.3. The van der Waals surface area contributed by atoms with Gasteiger partial charge in [0.05, 0.1) is 28.0 Å². The van der Waals surface area contributed by atoms with Gasteiger partial charge in [-0.3, -0.25) is 0 Å². The largest absolute Gasteiger partial charge is 0.508 e. The Morgan fingerprint density at radius 1 is 0.939 bits per heavy atom. The van der Waals surface area contributed by atoms with E-state index >= 15 is 0 Å². The molecule has 1 N–H and O–H groups in total. The van der Waals surface area contributed by atoms with Crippen molar-refractivity contribution in [3.8, 4) is 39.9 Å². The Balaban J connectivity index is 1.91. The van der Waals surface area contributed by atoms with E-state index in [9.17, 15) is 10.4 Å². The molecule has 0 bridgehead atoms. The van der Waals surface area contributed by atoms with Crippen LogP contribution in [0, 0.1) is 18.3 Å². The van der Waals surface area contributed by atoms with Crippen LogP contribution in [0.1, 0.15) is 23.7 Å². The van der Waals surface area contributed by atoms with E-state index < -0.39 is 0 Å². The van der Waals surface area contributed by atoms with E-state index in [0.29, 0.717) is 16.9 Å². The Morgan fingerprint density at radius 2 is 1.70 bits per heavy atom. The first-order valence-corrected chi connectivity index (χ1v) is 10.9. The van der Waals surface area contributed by atoms with Gasteiger partial charge >= 0.3 is 0 Å². The first-order valence-electron chi connectivity index (χ1n) is 10.9. The van der Waals surface area contributed by atoms with Gasteiger partial charge in [0.2, 0.25) is 0 Å². The number of phenolic OH excluding ortho intramolecular Hbond substituents is 1. The van der Waals surface area contributed by atoms with Gasteiger partial charge in [0.25, 0.3) is 0 Å². The van der Waals surface area contributed by atoms with E-state index in [4.69, 9.17) is 10.1 Å². The molecule has 5 rings (SSSR count). The molecular formula is C28H22N4O. The van der Waals surface area contributed by atoms with Crippen molar-refractivity contribution in [1.82, 2.24) is 14.8 Å². The second-order valence-corrected chi connectivity index (χ2v) is 7.95. The fourth-order valence-electron chi connectivity index (χ4n) is 4.23. The summed E-state index contributed by atoms with van der Waals surface area (Å²) in [7, 11) is 0. The summed E-state index contributed by atoms with van der Waals surface area (Å²) in [6.07, 6.45) is 0.937. The molecule has 0 atom stereocenters. The van der Waals surface area contributed by atoms with Crippen LogP contribution in [0.2, 0.25) is 0 Å². The van der Waals surface area contributed by atoms with Crippen molar-refractivity contribution < 1.29 is 5.11 Å². The van der Waals surface area contributed by atoms with E-state index in [2.05, 4.69) is 25.1 Å². The lowest BCUT2D eigenvalue weighted by atomic mass is 9.93. The number of nitriles is 1. The molecule has 0 amide bonds. The zero-order valence-electron chi connectivity index (χ0n) is 18.4. The number of nitrogens with zero attached hydrogens (tertiary/aromatic N) is 4. The highest BCUT2D eigenvalue weighted by atomic mass is 16.3. The number of pyridine rings is 1. The Morgan fingerprint density at radius 3 is 2.36 bits per heavy atom. The van der Waals surface area contributed by atoms with Gasteiger partial charge in [0.1, 0.15) is 11.8 Å². The van der Waals surface area contributed by atoms with Gasteiger partial charge in [0, 0.05) is 11.1 Å². The first-order chi connectivity index (χ1) is 16.1. The summed E-state index contributed by atoms with van der Waals surface area (Å²) in [5, 5.41) is 26.1. The zero-order chi connectivity index (χ0) is 22.9. The predicted octanol–water partition coefficient (Wildman–Crippen LogP) is 6.20. The molecule has 5 aromatic rings. The smallest absolute Gasteiger partial charge is 0.164 e. The molecule has 0 aliphatic rings. The highest BCUT2D eigenvalue weighted by Gasteiger charge is 2.23. The van der Waals surface area contributed by atoms with Gasteiger partial charge in [0.15, 0.2) is 5.65 Å². The molecule has 0 fully saturated rings. The topological polar surface area (TPSA) is 74.7 Å². The Kier molecular flexibility index (Phi) is 5.12. The molecule has 33 heavy (non-hydrogen) atoms. The van der Waals surface area contributed by atoms with Gasteiger partial charge < -0.3 is 5.11 Å². The third kappa shape index (κ3) is 3.52. The number of rotatable bonds is 4. The van der Waals surface area contributed by atoms with Crippen molar-refractivity contribution >= 4 is 11.0 Å². The number of fused-ring (bicyclic) bond motifs is 1. The number of para-hydroxylation sites is 1. The van der Waals surface area contributed by atoms with Crippen LogP contribution in [0.5, 0.6) is 5.75 Å².